The van der Waals surface area contributed by atoms with Crippen LogP contribution < -0.4 is 0 Å². The lowest BCUT2D eigenvalue weighted by Crippen LogP contribution is -1.96. The van der Waals surface area contributed by atoms with E-state index in [1.165, 1.54) is 11.1 Å². The van der Waals surface area contributed by atoms with Crippen LogP contribution in [0.5, 0.6) is 0 Å². The number of benzene rings is 3. The lowest BCUT2D eigenvalue weighted by molar-refractivity contribution is 0.593. The molecule has 0 spiro atoms. The number of rotatable bonds is 5. The second kappa shape index (κ2) is 9.12. The Balaban J connectivity index is 1.70. The van der Waals surface area contributed by atoms with Crippen molar-refractivity contribution in [3.05, 3.63) is 101 Å². The van der Waals surface area contributed by atoms with Gasteiger partial charge >= 0.3 is 0 Å². The van der Waals surface area contributed by atoms with E-state index in [0.717, 1.165) is 45.4 Å². The molecule has 0 N–H and O–H groups in total. The van der Waals surface area contributed by atoms with Gasteiger partial charge in [0, 0.05) is 46.0 Å². The molecule has 0 amide bonds. The number of nitrogens with zero attached hydrogens (tertiary/aromatic N) is 3. The maximum Gasteiger partial charge on any atom is 0.238 e. The summed E-state index contributed by atoms with van der Waals surface area (Å²) >= 11 is 0. The summed E-state index contributed by atoms with van der Waals surface area (Å²) in [7, 11) is 0. The second-order valence-corrected chi connectivity index (χ2v) is 8.85. The van der Waals surface area contributed by atoms with Crippen molar-refractivity contribution < 1.29 is 4.42 Å². The predicted molar refractivity (Wildman–Crippen MR) is 143 cm³/mol. The predicted octanol–water partition coefficient (Wildman–Crippen LogP) is 8.14. The maximum absolute atomic E-state index is 10.2. The summed E-state index contributed by atoms with van der Waals surface area (Å²) in [5, 5.41) is 11.3. The van der Waals surface area contributed by atoms with Gasteiger partial charge in [0.25, 0.3) is 0 Å². The van der Waals surface area contributed by atoms with Crippen LogP contribution in [-0.2, 0) is 6.54 Å². The topological polar surface area (TPSA) is 54.2 Å². The molecule has 4 heteroatoms. The molecule has 35 heavy (non-hydrogen) atoms. The minimum absolute atomic E-state index is 0.325. The van der Waals surface area contributed by atoms with E-state index in [2.05, 4.69) is 68.7 Å². The molecule has 0 aliphatic carbocycles. The third-order valence-electron chi connectivity index (χ3n) is 6.56. The number of fused-ring (bicyclic) bond motifs is 1. The molecule has 0 bridgehead atoms. The summed E-state index contributed by atoms with van der Waals surface area (Å²) in [6, 6.07) is 27.0. The van der Waals surface area contributed by atoms with E-state index in [1.807, 2.05) is 48.7 Å². The molecule has 0 saturated heterocycles. The zero-order chi connectivity index (χ0) is 24.5. The molecule has 0 atom stereocenters. The summed E-state index contributed by atoms with van der Waals surface area (Å²) in [5.74, 6) is 0.983. The number of aromatic nitrogens is 1. The van der Waals surface area contributed by atoms with E-state index in [0.29, 0.717) is 17.2 Å². The van der Waals surface area contributed by atoms with E-state index in [9.17, 15) is 5.26 Å². The standard InChI is InChI=1S/C31H27N3O/c1-5-34-22(4)27(25-8-6-7-9-28(25)34)19-33-31-26(18-32)29(23-14-10-20(2)11-15-23)30(35-31)24-16-12-21(3)13-17-24/h6-17,19H,5H2,1-4H3. The van der Waals surface area contributed by atoms with E-state index in [1.54, 1.807) is 0 Å². The molecule has 0 aliphatic heterocycles. The van der Waals surface area contributed by atoms with E-state index in [-0.39, 0.29) is 0 Å². The highest BCUT2D eigenvalue weighted by Crippen LogP contribution is 2.42. The molecular formula is C31H27N3O. The fourth-order valence-electron chi connectivity index (χ4n) is 4.67. The largest absolute Gasteiger partial charge is 0.436 e. The van der Waals surface area contributed by atoms with Crippen molar-refractivity contribution in [2.24, 2.45) is 4.99 Å². The van der Waals surface area contributed by atoms with Crippen LogP contribution >= 0.6 is 0 Å². The second-order valence-electron chi connectivity index (χ2n) is 8.85. The summed E-state index contributed by atoms with van der Waals surface area (Å²) in [6.07, 6.45) is 1.83. The normalized spacial score (nSPS) is 11.4. The van der Waals surface area contributed by atoms with Crippen molar-refractivity contribution in [2.45, 2.75) is 34.2 Å². The maximum atomic E-state index is 10.2. The third kappa shape index (κ3) is 3.96. The number of aliphatic imine (C=N–C) groups is 1. The number of nitriles is 1. The lowest BCUT2D eigenvalue weighted by Gasteiger charge is -2.05. The van der Waals surface area contributed by atoms with Crippen molar-refractivity contribution >= 4 is 23.0 Å². The first-order valence-electron chi connectivity index (χ1n) is 11.8. The third-order valence-corrected chi connectivity index (χ3v) is 6.56. The van der Waals surface area contributed by atoms with Gasteiger partial charge < -0.3 is 8.98 Å². The lowest BCUT2D eigenvalue weighted by atomic mass is 9.97. The molecule has 0 fully saturated rings. The smallest absolute Gasteiger partial charge is 0.238 e. The van der Waals surface area contributed by atoms with Crippen LogP contribution in [0.1, 0.15) is 34.9 Å². The van der Waals surface area contributed by atoms with Crippen LogP contribution in [0, 0.1) is 32.1 Å². The summed E-state index contributed by atoms with van der Waals surface area (Å²) in [4.78, 5) is 4.75. The van der Waals surface area contributed by atoms with Gasteiger partial charge in [0.1, 0.15) is 17.4 Å². The molecule has 0 aliphatic rings. The Morgan fingerprint density at radius 1 is 0.886 bits per heavy atom. The molecular weight excluding hydrogens is 430 g/mol. The Morgan fingerprint density at radius 3 is 2.14 bits per heavy atom. The molecule has 172 valence electrons. The van der Waals surface area contributed by atoms with Crippen LogP contribution in [0.2, 0.25) is 0 Å². The Hall–Kier alpha value is -4.36. The highest BCUT2D eigenvalue weighted by atomic mass is 16.4. The molecule has 4 nitrogen and oxygen atoms in total. The zero-order valence-corrected chi connectivity index (χ0v) is 20.5. The Labute approximate surface area is 205 Å². The van der Waals surface area contributed by atoms with Crippen LogP contribution in [0.25, 0.3) is 33.4 Å². The first-order valence-corrected chi connectivity index (χ1v) is 11.8. The zero-order valence-electron chi connectivity index (χ0n) is 20.5. The number of hydrogen-bond acceptors (Lipinski definition) is 3. The first kappa shape index (κ1) is 22.4. The number of aryl methyl sites for hydroxylation is 3. The van der Waals surface area contributed by atoms with E-state index in [4.69, 9.17) is 9.41 Å². The highest BCUT2D eigenvalue weighted by Gasteiger charge is 2.23. The van der Waals surface area contributed by atoms with E-state index >= 15 is 0 Å². The Bertz CT molecular complexity index is 1590. The van der Waals surface area contributed by atoms with Crippen LogP contribution in [0.3, 0.4) is 0 Å². The molecule has 0 unspecified atom stereocenters. The minimum Gasteiger partial charge on any atom is -0.436 e. The first-order chi connectivity index (χ1) is 17.0. The van der Waals surface area contributed by atoms with Gasteiger partial charge in [0.15, 0.2) is 0 Å². The summed E-state index contributed by atoms with van der Waals surface area (Å²) in [5.41, 5.74) is 8.75. The van der Waals surface area contributed by atoms with Crippen molar-refractivity contribution in [1.82, 2.24) is 4.57 Å². The average Bonchev–Trinajstić information content (AvgIpc) is 3.37. The molecule has 3 aromatic carbocycles. The highest BCUT2D eigenvalue weighted by molar-refractivity contribution is 6.02. The SMILES string of the molecule is CCn1c(C)c(C=Nc2oc(-c3ccc(C)cc3)c(-c3ccc(C)cc3)c2C#N)c2ccccc21. The van der Waals surface area contributed by atoms with Crippen LogP contribution in [-0.4, -0.2) is 10.8 Å². The molecule has 2 heterocycles. The summed E-state index contributed by atoms with van der Waals surface area (Å²) in [6.45, 7) is 9.23. The van der Waals surface area contributed by atoms with Gasteiger partial charge in [-0.2, -0.15) is 5.26 Å². The van der Waals surface area contributed by atoms with Gasteiger partial charge in [-0.05, 0) is 39.3 Å². The van der Waals surface area contributed by atoms with E-state index < -0.39 is 0 Å². The van der Waals surface area contributed by atoms with Crippen molar-refractivity contribution in [3.8, 4) is 28.5 Å². The van der Waals surface area contributed by atoms with Crippen LogP contribution in [0.4, 0.5) is 5.88 Å². The number of furan rings is 1. The average molecular weight is 458 g/mol. The van der Waals surface area contributed by atoms with Crippen molar-refractivity contribution in [3.63, 3.8) is 0 Å². The monoisotopic (exact) mass is 457 g/mol. The number of hydrogen-bond donors (Lipinski definition) is 0. The van der Waals surface area contributed by atoms with Crippen molar-refractivity contribution in [2.75, 3.05) is 0 Å². The molecule has 5 rings (SSSR count). The quantitative estimate of drug-likeness (QED) is 0.250. The molecule has 0 radical (unpaired) electrons. The van der Waals surface area contributed by atoms with Crippen molar-refractivity contribution in [1.29, 1.82) is 5.26 Å². The van der Waals surface area contributed by atoms with Gasteiger partial charge in [-0.3, -0.25) is 0 Å². The fourth-order valence-corrected chi connectivity index (χ4v) is 4.67. The molecule has 0 saturated carbocycles. The molecule has 5 aromatic rings. The summed E-state index contributed by atoms with van der Waals surface area (Å²) < 4.78 is 8.60. The number of para-hydroxylation sites is 1. The van der Waals surface area contributed by atoms with Crippen LogP contribution in [0.15, 0.2) is 82.2 Å². The Kier molecular flexibility index (Phi) is 5.84. The van der Waals surface area contributed by atoms with Gasteiger partial charge in [-0.1, -0.05) is 77.9 Å². The van der Waals surface area contributed by atoms with Gasteiger partial charge in [0.05, 0.1) is 0 Å². The Morgan fingerprint density at radius 2 is 1.51 bits per heavy atom. The van der Waals surface area contributed by atoms with Gasteiger partial charge in [-0.15, -0.1) is 0 Å². The molecule has 2 aromatic heterocycles. The fraction of sp³-hybridized carbons (Fsp3) is 0.161. The van der Waals surface area contributed by atoms with Gasteiger partial charge in [-0.25, -0.2) is 4.99 Å². The van der Waals surface area contributed by atoms with Gasteiger partial charge in [0.2, 0.25) is 5.88 Å². The minimum atomic E-state index is 0.325.